The Kier molecular flexibility index (Phi) is 3.93. The van der Waals surface area contributed by atoms with Gasteiger partial charge in [-0.25, -0.2) is 0 Å². The highest BCUT2D eigenvalue weighted by atomic mass is 16.4. The van der Waals surface area contributed by atoms with Gasteiger partial charge in [0.2, 0.25) is 0 Å². The number of carboxylic acid groups (broad SMARTS) is 1. The van der Waals surface area contributed by atoms with Crippen molar-refractivity contribution in [1.29, 1.82) is 0 Å². The Balaban J connectivity index is 3.14. The summed E-state index contributed by atoms with van der Waals surface area (Å²) < 4.78 is 0. The van der Waals surface area contributed by atoms with Crippen molar-refractivity contribution in [2.45, 2.75) is 39.5 Å². The third-order valence-corrected chi connectivity index (χ3v) is 2.90. The molecule has 88 valence electrons. The van der Waals surface area contributed by atoms with Gasteiger partial charge in [0.15, 0.2) is 0 Å². The molecular weight excluding hydrogens is 204 g/mol. The van der Waals surface area contributed by atoms with Crippen molar-refractivity contribution < 1.29 is 15.0 Å². The number of phenolic OH excluding ortho intramolecular Hbond substituents is 1. The van der Waals surface area contributed by atoms with E-state index < -0.39 is 5.97 Å². The van der Waals surface area contributed by atoms with Crippen LogP contribution in [0, 0.1) is 13.8 Å². The second-order valence-electron chi connectivity index (χ2n) is 4.20. The van der Waals surface area contributed by atoms with Gasteiger partial charge in [0.25, 0.3) is 0 Å². The van der Waals surface area contributed by atoms with E-state index in [-0.39, 0.29) is 18.1 Å². The molecular formula is C13H18O3. The summed E-state index contributed by atoms with van der Waals surface area (Å²) >= 11 is 0. The van der Waals surface area contributed by atoms with Gasteiger partial charge in [-0.3, -0.25) is 4.79 Å². The van der Waals surface area contributed by atoms with Crippen LogP contribution in [0.15, 0.2) is 12.1 Å². The number of carboxylic acids is 1. The molecule has 1 unspecified atom stereocenters. The highest BCUT2D eigenvalue weighted by Crippen LogP contribution is 2.31. The lowest BCUT2D eigenvalue weighted by Gasteiger charge is -2.18. The van der Waals surface area contributed by atoms with E-state index in [1.54, 1.807) is 12.1 Å². The van der Waals surface area contributed by atoms with Crippen LogP contribution >= 0.6 is 0 Å². The summed E-state index contributed by atoms with van der Waals surface area (Å²) in [6, 6.07) is 3.37. The van der Waals surface area contributed by atoms with Gasteiger partial charge in [0, 0.05) is 0 Å². The number of rotatable bonds is 4. The molecule has 0 aromatic heterocycles. The minimum atomic E-state index is -0.779. The van der Waals surface area contributed by atoms with Crippen molar-refractivity contribution in [1.82, 2.24) is 0 Å². The van der Waals surface area contributed by atoms with Crippen LogP contribution in [0.3, 0.4) is 0 Å². The first-order chi connectivity index (χ1) is 7.45. The first-order valence-corrected chi connectivity index (χ1v) is 5.47. The maximum Gasteiger partial charge on any atom is 0.303 e. The van der Waals surface area contributed by atoms with Gasteiger partial charge in [-0.15, -0.1) is 0 Å². The number of aryl methyl sites for hydroxylation is 2. The summed E-state index contributed by atoms with van der Waals surface area (Å²) in [5, 5.41) is 18.3. The lowest BCUT2D eigenvalue weighted by atomic mass is 9.86. The Morgan fingerprint density at radius 3 is 2.19 bits per heavy atom. The molecule has 0 spiro atoms. The number of aliphatic carboxylic acids is 1. The molecule has 0 aliphatic rings. The maximum absolute atomic E-state index is 10.8. The highest BCUT2D eigenvalue weighted by Gasteiger charge is 2.18. The Morgan fingerprint density at radius 2 is 1.81 bits per heavy atom. The standard InChI is InChI=1S/C13H18O3/c1-4-10(7-12(15)16)13-8(2)5-11(14)6-9(13)3/h5-6,10,14H,4,7H2,1-3H3,(H,15,16). The Bertz CT molecular complexity index is 373. The lowest BCUT2D eigenvalue weighted by Crippen LogP contribution is -2.08. The zero-order valence-electron chi connectivity index (χ0n) is 9.95. The van der Waals surface area contributed by atoms with Crippen LogP contribution in [0.2, 0.25) is 0 Å². The van der Waals surface area contributed by atoms with Crippen molar-refractivity contribution in [2.75, 3.05) is 0 Å². The van der Waals surface area contributed by atoms with E-state index in [0.717, 1.165) is 23.1 Å². The molecule has 0 amide bonds. The lowest BCUT2D eigenvalue weighted by molar-refractivity contribution is -0.137. The molecule has 1 atom stereocenters. The summed E-state index contributed by atoms with van der Waals surface area (Å²) in [5.74, 6) is -0.513. The van der Waals surface area contributed by atoms with Crippen molar-refractivity contribution in [3.8, 4) is 5.75 Å². The number of hydrogen-bond donors (Lipinski definition) is 2. The van der Waals surface area contributed by atoms with Crippen LogP contribution in [0.1, 0.15) is 42.4 Å². The Hall–Kier alpha value is -1.51. The normalized spacial score (nSPS) is 12.4. The Morgan fingerprint density at radius 1 is 1.31 bits per heavy atom. The zero-order valence-corrected chi connectivity index (χ0v) is 9.95. The van der Waals surface area contributed by atoms with Crippen LogP contribution in [-0.4, -0.2) is 16.2 Å². The molecule has 1 aromatic rings. The summed E-state index contributed by atoms with van der Waals surface area (Å²) in [4.78, 5) is 10.8. The minimum Gasteiger partial charge on any atom is -0.508 e. The molecule has 2 N–H and O–H groups in total. The third-order valence-electron chi connectivity index (χ3n) is 2.90. The molecule has 0 aliphatic heterocycles. The summed E-state index contributed by atoms with van der Waals surface area (Å²) in [6.45, 7) is 5.80. The van der Waals surface area contributed by atoms with Crippen LogP contribution in [0.4, 0.5) is 0 Å². The van der Waals surface area contributed by atoms with Crippen LogP contribution < -0.4 is 0 Å². The van der Waals surface area contributed by atoms with Crippen molar-refractivity contribution >= 4 is 5.97 Å². The largest absolute Gasteiger partial charge is 0.508 e. The molecule has 16 heavy (non-hydrogen) atoms. The SMILES string of the molecule is CCC(CC(=O)O)c1c(C)cc(O)cc1C. The molecule has 0 saturated heterocycles. The predicted octanol–water partition coefficient (Wildman–Crippen LogP) is 2.98. The molecule has 0 aliphatic carbocycles. The van der Waals surface area contributed by atoms with E-state index in [0.29, 0.717) is 0 Å². The second-order valence-corrected chi connectivity index (χ2v) is 4.20. The second kappa shape index (κ2) is 5.01. The summed E-state index contributed by atoms with van der Waals surface area (Å²) in [6.07, 6.45) is 0.932. The highest BCUT2D eigenvalue weighted by molar-refractivity contribution is 5.68. The van der Waals surface area contributed by atoms with Crippen LogP contribution in [0.5, 0.6) is 5.75 Å². The molecule has 0 saturated carbocycles. The van der Waals surface area contributed by atoms with Crippen LogP contribution in [-0.2, 0) is 4.79 Å². The first-order valence-electron chi connectivity index (χ1n) is 5.47. The first kappa shape index (κ1) is 12.6. The van der Waals surface area contributed by atoms with Crippen molar-refractivity contribution in [2.24, 2.45) is 0 Å². The van der Waals surface area contributed by atoms with E-state index in [1.165, 1.54) is 0 Å². The van der Waals surface area contributed by atoms with E-state index in [4.69, 9.17) is 5.11 Å². The van der Waals surface area contributed by atoms with Gasteiger partial charge in [0.1, 0.15) is 5.75 Å². The molecule has 3 nitrogen and oxygen atoms in total. The quantitative estimate of drug-likeness (QED) is 0.823. The molecule has 0 radical (unpaired) electrons. The fourth-order valence-corrected chi connectivity index (χ4v) is 2.26. The van der Waals surface area contributed by atoms with Gasteiger partial charge in [-0.05, 0) is 55.0 Å². The average molecular weight is 222 g/mol. The molecule has 0 bridgehead atoms. The number of hydrogen-bond acceptors (Lipinski definition) is 2. The van der Waals surface area contributed by atoms with Gasteiger partial charge in [-0.1, -0.05) is 6.92 Å². The average Bonchev–Trinajstić information content (AvgIpc) is 2.13. The minimum absolute atomic E-state index is 0.0260. The number of carbonyl (C=O) groups is 1. The summed E-state index contributed by atoms with van der Waals surface area (Å²) in [5.41, 5.74) is 2.99. The van der Waals surface area contributed by atoms with Gasteiger partial charge >= 0.3 is 5.97 Å². The molecule has 0 heterocycles. The zero-order chi connectivity index (χ0) is 12.3. The predicted molar refractivity (Wildman–Crippen MR) is 62.9 cm³/mol. The number of benzene rings is 1. The molecule has 3 heteroatoms. The third kappa shape index (κ3) is 2.75. The molecule has 1 aromatic carbocycles. The van der Waals surface area contributed by atoms with E-state index >= 15 is 0 Å². The topological polar surface area (TPSA) is 57.5 Å². The fraction of sp³-hybridized carbons (Fsp3) is 0.462. The van der Waals surface area contributed by atoms with Crippen LogP contribution in [0.25, 0.3) is 0 Å². The smallest absolute Gasteiger partial charge is 0.303 e. The fourth-order valence-electron chi connectivity index (χ4n) is 2.26. The van der Waals surface area contributed by atoms with Gasteiger partial charge in [-0.2, -0.15) is 0 Å². The van der Waals surface area contributed by atoms with Gasteiger partial charge < -0.3 is 10.2 Å². The molecule has 1 rings (SSSR count). The van der Waals surface area contributed by atoms with E-state index in [2.05, 4.69) is 0 Å². The monoisotopic (exact) mass is 222 g/mol. The summed E-state index contributed by atoms with van der Waals surface area (Å²) in [7, 11) is 0. The van der Waals surface area contributed by atoms with E-state index in [9.17, 15) is 9.90 Å². The Labute approximate surface area is 95.7 Å². The molecule has 0 fully saturated rings. The van der Waals surface area contributed by atoms with Crippen molar-refractivity contribution in [3.05, 3.63) is 28.8 Å². The van der Waals surface area contributed by atoms with E-state index in [1.807, 2.05) is 20.8 Å². The number of phenols is 1. The van der Waals surface area contributed by atoms with Gasteiger partial charge in [0.05, 0.1) is 6.42 Å². The maximum atomic E-state index is 10.8. The number of aromatic hydroxyl groups is 1. The van der Waals surface area contributed by atoms with Crippen molar-refractivity contribution in [3.63, 3.8) is 0 Å².